The number of benzene rings is 1. The van der Waals surface area contributed by atoms with Gasteiger partial charge in [-0.05, 0) is 43.2 Å². The van der Waals surface area contributed by atoms with Gasteiger partial charge in [0, 0.05) is 6.04 Å². The van der Waals surface area contributed by atoms with E-state index < -0.39 is 0 Å². The lowest BCUT2D eigenvalue weighted by Gasteiger charge is -2.28. The second kappa shape index (κ2) is 8.31. The molecule has 1 rings (SSSR count). The van der Waals surface area contributed by atoms with Crippen molar-refractivity contribution in [2.45, 2.75) is 58.9 Å². The lowest BCUT2D eigenvalue weighted by atomic mass is 9.85. The van der Waals surface area contributed by atoms with Gasteiger partial charge in [0.1, 0.15) is 0 Å². The lowest BCUT2D eigenvalue weighted by molar-refractivity contribution is 0.375. The third kappa shape index (κ3) is 4.81. The zero-order chi connectivity index (χ0) is 13.4. The van der Waals surface area contributed by atoms with Crippen LogP contribution in [-0.4, -0.2) is 12.6 Å². The zero-order valence-corrected chi connectivity index (χ0v) is 12.4. The Morgan fingerprint density at radius 1 is 1.00 bits per heavy atom. The quantitative estimate of drug-likeness (QED) is 0.708. The van der Waals surface area contributed by atoms with E-state index in [0.717, 1.165) is 12.5 Å². The van der Waals surface area contributed by atoms with Crippen LogP contribution in [0.3, 0.4) is 0 Å². The van der Waals surface area contributed by atoms with E-state index in [1.165, 1.54) is 24.8 Å². The molecule has 0 aliphatic rings. The highest BCUT2D eigenvalue weighted by atomic mass is 14.9. The Labute approximate surface area is 113 Å². The Kier molecular flexibility index (Phi) is 7.04. The fraction of sp³-hybridized carbons (Fsp3) is 0.647. The second-order valence-electron chi connectivity index (χ2n) is 5.56. The largest absolute Gasteiger partial charge is 0.314 e. The molecule has 0 radical (unpaired) electrons. The molecule has 102 valence electrons. The minimum absolute atomic E-state index is 0.616. The summed E-state index contributed by atoms with van der Waals surface area (Å²) in [6, 6.07) is 11.6. The molecule has 0 saturated carbocycles. The van der Waals surface area contributed by atoms with Crippen molar-refractivity contribution in [1.29, 1.82) is 0 Å². The van der Waals surface area contributed by atoms with Gasteiger partial charge < -0.3 is 5.32 Å². The molecular weight excluding hydrogens is 218 g/mol. The average Bonchev–Trinajstić information content (AvgIpc) is 2.38. The van der Waals surface area contributed by atoms with Crippen molar-refractivity contribution in [1.82, 2.24) is 5.32 Å². The smallest absolute Gasteiger partial charge is 0.0136 e. The summed E-state index contributed by atoms with van der Waals surface area (Å²) in [5.74, 6) is 1.43. The first-order valence-electron chi connectivity index (χ1n) is 7.47. The molecule has 1 nitrogen and oxygen atoms in total. The number of nitrogens with one attached hydrogen (secondary N) is 1. The first-order valence-corrected chi connectivity index (χ1v) is 7.47. The van der Waals surface area contributed by atoms with E-state index in [4.69, 9.17) is 0 Å². The van der Waals surface area contributed by atoms with Crippen LogP contribution in [0.2, 0.25) is 0 Å². The van der Waals surface area contributed by atoms with Gasteiger partial charge in [-0.3, -0.25) is 0 Å². The van der Waals surface area contributed by atoms with Crippen molar-refractivity contribution in [3.8, 4) is 0 Å². The van der Waals surface area contributed by atoms with E-state index >= 15 is 0 Å². The summed E-state index contributed by atoms with van der Waals surface area (Å²) in [4.78, 5) is 0. The molecule has 2 unspecified atom stereocenters. The van der Waals surface area contributed by atoms with Crippen LogP contribution in [0.25, 0.3) is 0 Å². The van der Waals surface area contributed by atoms with Crippen LogP contribution in [0.1, 0.15) is 58.4 Å². The molecule has 18 heavy (non-hydrogen) atoms. The third-order valence-electron chi connectivity index (χ3n) is 3.67. The summed E-state index contributed by atoms with van der Waals surface area (Å²) in [6.45, 7) is 10.2. The van der Waals surface area contributed by atoms with Crippen molar-refractivity contribution < 1.29 is 0 Å². The normalized spacial score (nSPS) is 14.7. The Morgan fingerprint density at radius 3 is 2.17 bits per heavy atom. The highest BCUT2D eigenvalue weighted by molar-refractivity contribution is 5.21. The Hall–Kier alpha value is -0.820. The van der Waals surface area contributed by atoms with Crippen LogP contribution in [0.5, 0.6) is 0 Å². The molecule has 1 aromatic rings. The van der Waals surface area contributed by atoms with Crippen molar-refractivity contribution in [2.75, 3.05) is 6.54 Å². The zero-order valence-electron chi connectivity index (χ0n) is 12.4. The SMILES string of the molecule is CCNC(CCC(C)C)C(CC)c1ccccc1. The van der Waals surface area contributed by atoms with Crippen molar-refractivity contribution in [3.63, 3.8) is 0 Å². The minimum atomic E-state index is 0.616. The Balaban J connectivity index is 2.74. The van der Waals surface area contributed by atoms with Gasteiger partial charge in [0.25, 0.3) is 0 Å². The monoisotopic (exact) mass is 247 g/mol. The molecule has 1 N–H and O–H groups in total. The Bertz CT molecular complexity index is 305. The molecule has 2 atom stereocenters. The van der Waals surface area contributed by atoms with Crippen molar-refractivity contribution >= 4 is 0 Å². The molecule has 1 aromatic carbocycles. The van der Waals surface area contributed by atoms with E-state index in [0.29, 0.717) is 12.0 Å². The van der Waals surface area contributed by atoms with Crippen LogP contribution in [0.15, 0.2) is 30.3 Å². The van der Waals surface area contributed by atoms with E-state index in [1.807, 2.05) is 0 Å². The fourth-order valence-electron chi connectivity index (χ4n) is 2.67. The molecule has 1 heteroatoms. The van der Waals surface area contributed by atoms with Gasteiger partial charge in [-0.1, -0.05) is 58.0 Å². The lowest BCUT2D eigenvalue weighted by Crippen LogP contribution is -2.35. The summed E-state index contributed by atoms with van der Waals surface area (Å²) in [5, 5.41) is 3.69. The van der Waals surface area contributed by atoms with Gasteiger partial charge in [0.15, 0.2) is 0 Å². The van der Waals surface area contributed by atoms with E-state index in [1.54, 1.807) is 0 Å². The van der Waals surface area contributed by atoms with Gasteiger partial charge in [0.2, 0.25) is 0 Å². The Morgan fingerprint density at radius 2 is 1.67 bits per heavy atom. The number of hydrogen-bond donors (Lipinski definition) is 1. The molecule has 0 fully saturated rings. The number of rotatable bonds is 8. The predicted molar refractivity (Wildman–Crippen MR) is 81.0 cm³/mol. The summed E-state index contributed by atoms with van der Waals surface area (Å²) in [6.07, 6.45) is 3.79. The van der Waals surface area contributed by atoms with Gasteiger partial charge >= 0.3 is 0 Å². The van der Waals surface area contributed by atoms with Crippen LogP contribution >= 0.6 is 0 Å². The first kappa shape index (κ1) is 15.2. The molecule has 0 aromatic heterocycles. The molecular formula is C17H29N. The van der Waals surface area contributed by atoms with Crippen molar-refractivity contribution in [2.24, 2.45) is 5.92 Å². The van der Waals surface area contributed by atoms with E-state index in [2.05, 4.69) is 63.3 Å². The molecule has 0 amide bonds. The summed E-state index contributed by atoms with van der Waals surface area (Å²) < 4.78 is 0. The second-order valence-corrected chi connectivity index (χ2v) is 5.56. The molecule has 0 bridgehead atoms. The maximum absolute atomic E-state index is 3.69. The van der Waals surface area contributed by atoms with Crippen molar-refractivity contribution in [3.05, 3.63) is 35.9 Å². The van der Waals surface area contributed by atoms with Gasteiger partial charge in [-0.2, -0.15) is 0 Å². The van der Waals surface area contributed by atoms with E-state index in [-0.39, 0.29) is 0 Å². The molecule has 0 aliphatic heterocycles. The molecule has 0 saturated heterocycles. The summed E-state index contributed by atoms with van der Waals surface area (Å²) in [7, 11) is 0. The van der Waals surface area contributed by atoms with Crippen LogP contribution < -0.4 is 5.32 Å². The highest BCUT2D eigenvalue weighted by Crippen LogP contribution is 2.26. The van der Waals surface area contributed by atoms with Crippen LogP contribution in [-0.2, 0) is 0 Å². The summed E-state index contributed by atoms with van der Waals surface area (Å²) in [5.41, 5.74) is 1.48. The average molecular weight is 247 g/mol. The predicted octanol–water partition coefficient (Wildman–Crippen LogP) is 4.59. The number of hydrogen-bond acceptors (Lipinski definition) is 1. The van der Waals surface area contributed by atoms with Gasteiger partial charge in [-0.15, -0.1) is 0 Å². The number of likely N-dealkylation sites (N-methyl/N-ethyl adjacent to an activating group) is 1. The maximum Gasteiger partial charge on any atom is 0.0136 e. The minimum Gasteiger partial charge on any atom is -0.314 e. The molecule has 0 spiro atoms. The van der Waals surface area contributed by atoms with Gasteiger partial charge in [-0.25, -0.2) is 0 Å². The fourth-order valence-corrected chi connectivity index (χ4v) is 2.67. The van der Waals surface area contributed by atoms with E-state index in [9.17, 15) is 0 Å². The molecule has 0 heterocycles. The molecule has 0 aliphatic carbocycles. The van der Waals surface area contributed by atoms with Crippen LogP contribution in [0.4, 0.5) is 0 Å². The third-order valence-corrected chi connectivity index (χ3v) is 3.67. The maximum atomic E-state index is 3.69. The standard InChI is InChI=1S/C17H29N/c1-5-16(15-10-8-7-9-11-15)17(18-6-2)13-12-14(3)4/h7-11,14,16-18H,5-6,12-13H2,1-4H3. The summed E-state index contributed by atoms with van der Waals surface area (Å²) >= 11 is 0. The highest BCUT2D eigenvalue weighted by Gasteiger charge is 2.20. The topological polar surface area (TPSA) is 12.0 Å². The van der Waals surface area contributed by atoms with Crippen LogP contribution in [0, 0.1) is 5.92 Å². The first-order chi connectivity index (χ1) is 8.69. The van der Waals surface area contributed by atoms with Gasteiger partial charge in [0.05, 0.1) is 0 Å².